The van der Waals surface area contributed by atoms with E-state index in [4.69, 9.17) is 0 Å². The highest BCUT2D eigenvalue weighted by molar-refractivity contribution is 8.18. The maximum atomic E-state index is 12.6. The Morgan fingerprint density at radius 3 is 2.44 bits per heavy atom. The van der Waals surface area contributed by atoms with E-state index in [1.807, 2.05) is 44.2 Å². The molecule has 1 N–H and O–H groups in total. The lowest BCUT2D eigenvalue weighted by Crippen LogP contribution is -2.39. The van der Waals surface area contributed by atoms with Crippen LogP contribution >= 0.6 is 11.8 Å². The standard InChI is InChI=1S/C25H27N3O3S/c1-14-9-18-20(28(6)22(29)13-25(18,2)3)12-16(14)17-10-15(7-8-19(17)27(4)5)11-21-23(30)26-24(31)32-21/h7-12H,13H2,1-6H3,(H,26,30,31)/b21-11+. The monoisotopic (exact) mass is 449 g/mol. The molecule has 0 spiro atoms. The number of imide groups is 1. The second-order valence-electron chi connectivity index (χ2n) is 9.22. The van der Waals surface area contributed by atoms with E-state index in [1.54, 1.807) is 11.0 Å². The Bertz CT molecular complexity index is 1200. The summed E-state index contributed by atoms with van der Waals surface area (Å²) in [6.07, 6.45) is 2.22. The number of hydrogen-bond donors (Lipinski definition) is 1. The van der Waals surface area contributed by atoms with Crippen LogP contribution in [0.15, 0.2) is 35.2 Å². The summed E-state index contributed by atoms with van der Waals surface area (Å²) in [6, 6.07) is 10.3. The number of nitrogens with zero attached hydrogens (tertiary/aromatic N) is 2. The van der Waals surface area contributed by atoms with Crippen LogP contribution in [0, 0.1) is 6.92 Å². The van der Waals surface area contributed by atoms with E-state index < -0.39 is 0 Å². The van der Waals surface area contributed by atoms with Crippen LogP contribution in [-0.4, -0.2) is 38.2 Å². The van der Waals surface area contributed by atoms with Crippen molar-refractivity contribution in [1.82, 2.24) is 5.32 Å². The zero-order chi connectivity index (χ0) is 23.4. The predicted molar refractivity (Wildman–Crippen MR) is 131 cm³/mol. The van der Waals surface area contributed by atoms with E-state index in [9.17, 15) is 14.4 Å². The molecule has 32 heavy (non-hydrogen) atoms. The summed E-state index contributed by atoms with van der Waals surface area (Å²) in [7, 11) is 5.81. The summed E-state index contributed by atoms with van der Waals surface area (Å²) in [5.41, 5.74) is 6.89. The van der Waals surface area contributed by atoms with Gasteiger partial charge >= 0.3 is 0 Å². The molecule has 4 rings (SSSR count). The molecule has 2 heterocycles. The van der Waals surface area contributed by atoms with Crippen LogP contribution in [0.4, 0.5) is 16.2 Å². The number of aryl methyl sites for hydroxylation is 1. The average molecular weight is 450 g/mol. The number of thioether (sulfide) groups is 1. The third kappa shape index (κ3) is 3.81. The van der Waals surface area contributed by atoms with Crippen LogP contribution < -0.4 is 15.1 Å². The highest BCUT2D eigenvalue weighted by atomic mass is 32.2. The molecule has 7 heteroatoms. The molecule has 0 atom stereocenters. The Labute approximate surface area is 192 Å². The molecule has 166 valence electrons. The number of anilines is 2. The van der Waals surface area contributed by atoms with Gasteiger partial charge in [0.25, 0.3) is 11.1 Å². The fourth-order valence-corrected chi connectivity index (χ4v) is 5.04. The van der Waals surface area contributed by atoms with Gasteiger partial charge < -0.3 is 9.80 Å². The normalized spacial score (nSPS) is 18.8. The molecule has 0 aromatic heterocycles. The Balaban J connectivity index is 1.89. The molecule has 0 radical (unpaired) electrons. The van der Waals surface area contributed by atoms with E-state index >= 15 is 0 Å². The third-order valence-electron chi connectivity index (χ3n) is 6.13. The Kier molecular flexibility index (Phi) is 5.41. The van der Waals surface area contributed by atoms with Crippen molar-refractivity contribution in [3.63, 3.8) is 0 Å². The summed E-state index contributed by atoms with van der Waals surface area (Å²) < 4.78 is 0. The minimum atomic E-state index is -0.370. The van der Waals surface area contributed by atoms with Gasteiger partial charge in [0.15, 0.2) is 0 Å². The first-order valence-electron chi connectivity index (χ1n) is 10.5. The molecule has 0 unspecified atom stereocenters. The summed E-state index contributed by atoms with van der Waals surface area (Å²) in [5.74, 6) is -0.261. The fourth-order valence-electron chi connectivity index (χ4n) is 4.35. The van der Waals surface area contributed by atoms with Crippen LogP contribution in [-0.2, 0) is 15.0 Å². The quantitative estimate of drug-likeness (QED) is 0.688. The number of carbonyl (C=O) groups is 3. The van der Waals surface area contributed by atoms with E-state index in [2.05, 4.69) is 38.2 Å². The lowest BCUT2D eigenvalue weighted by Gasteiger charge is -2.38. The minimum Gasteiger partial charge on any atom is -0.377 e. The Morgan fingerprint density at radius 2 is 1.81 bits per heavy atom. The number of amides is 3. The minimum absolute atomic E-state index is 0.109. The molecule has 1 fully saturated rings. The van der Waals surface area contributed by atoms with Crippen molar-refractivity contribution in [2.75, 3.05) is 30.9 Å². The zero-order valence-corrected chi connectivity index (χ0v) is 20.0. The number of rotatable bonds is 3. The van der Waals surface area contributed by atoms with Crippen molar-refractivity contribution in [2.45, 2.75) is 32.6 Å². The molecular formula is C25H27N3O3S. The van der Waals surface area contributed by atoms with Gasteiger partial charge in [-0.15, -0.1) is 0 Å². The SMILES string of the molecule is Cc1cc2c(cc1-c1cc(/C=C3/SC(=O)NC3=O)ccc1N(C)C)N(C)C(=O)CC2(C)C. The fraction of sp³-hybridized carbons (Fsp3) is 0.320. The summed E-state index contributed by atoms with van der Waals surface area (Å²) >= 11 is 0.910. The first kappa shape index (κ1) is 22.1. The van der Waals surface area contributed by atoms with Gasteiger partial charge in [-0.1, -0.05) is 26.0 Å². The molecule has 2 aromatic carbocycles. The first-order valence-corrected chi connectivity index (χ1v) is 11.3. The highest BCUT2D eigenvalue weighted by Gasteiger charge is 2.36. The molecule has 2 aliphatic rings. The van der Waals surface area contributed by atoms with Gasteiger partial charge in [0, 0.05) is 49.9 Å². The van der Waals surface area contributed by atoms with Crippen molar-refractivity contribution in [1.29, 1.82) is 0 Å². The van der Waals surface area contributed by atoms with Crippen LogP contribution in [0.5, 0.6) is 0 Å². The van der Waals surface area contributed by atoms with E-state index in [-0.39, 0.29) is 22.5 Å². The van der Waals surface area contributed by atoms with E-state index in [1.165, 1.54) is 5.56 Å². The molecule has 0 bridgehead atoms. The molecular weight excluding hydrogens is 422 g/mol. The van der Waals surface area contributed by atoms with Crippen LogP contribution in [0.2, 0.25) is 0 Å². The van der Waals surface area contributed by atoms with Crippen molar-refractivity contribution >= 4 is 46.3 Å². The van der Waals surface area contributed by atoms with Gasteiger partial charge in [-0.2, -0.15) is 0 Å². The summed E-state index contributed by atoms with van der Waals surface area (Å²) in [5, 5.41) is 1.94. The maximum absolute atomic E-state index is 12.6. The smallest absolute Gasteiger partial charge is 0.290 e. The molecule has 6 nitrogen and oxygen atoms in total. The van der Waals surface area contributed by atoms with Crippen molar-refractivity contribution in [2.24, 2.45) is 0 Å². The van der Waals surface area contributed by atoms with Gasteiger partial charge in [0.1, 0.15) is 0 Å². The highest BCUT2D eigenvalue weighted by Crippen LogP contribution is 2.44. The molecule has 3 amide bonds. The van der Waals surface area contributed by atoms with Crippen molar-refractivity contribution in [3.05, 3.63) is 51.9 Å². The average Bonchev–Trinajstić information content (AvgIpc) is 3.02. The summed E-state index contributed by atoms with van der Waals surface area (Å²) in [6.45, 7) is 6.31. The molecule has 1 saturated heterocycles. The van der Waals surface area contributed by atoms with Crippen molar-refractivity contribution < 1.29 is 14.4 Å². The van der Waals surface area contributed by atoms with Crippen molar-refractivity contribution in [3.8, 4) is 11.1 Å². The second-order valence-corrected chi connectivity index (χ2v) is 10.2. The molecule has 2 aromatic rings. The zero-order valence-electron chi connectivity index (χ0n) is 19.2. The van der Waals surface area contributed by atoms with Gasteiger partial charge in [0.2, 0.25) is 5.91 Å². The van der Waals surface area contributed by atoms with Gasteiger partial charge in [-0.25, -0.2) is 0 Å². The Morgan fingerprint density at radius 1 is 1.09 bits per heavy atom. The second kappa shape index (κ2) is 7.81. The van der Waals surface area contributed by atoms with Crippen LogP contribution in [0.3, 0.4) is 0 Å². The van der Waals surface area contributed by atoms with Gasteiger partial charge in [-0.05, 0) is 65.2 Å². The van der Waals surface area contributed by atoms with Gasteiger partial charge in [0.05, 0.1) is 4.91 Å². The number of hydrogen-bond acceptors (Lipinski definition) is 5. The first-order chi connectivity index (χ1) is 15.0. The molecule has 0 saturated carbocycles. The number of nitrogens with one attached hydrogen (secondary N) is 1. The number of fused-ring (bicyclic) bond motifs is 1. The maximum Gasteiger partial charge on any atom is 0.290 e. The third-order valence-corrected chi connectivity index (χ3v) is 6.94. The predicted octanol–water partition coefficient (Wildman–Crippen LogP) is 4.70. The summed E-state index contributed by atoms with van der Waals surface area (Å²) in [4.78, 5) is 40.3. The van der Waals surface area contributed by atoms with Crippen LogP contribution in [0.25, 0.3) is 17.2 Å². The number of benzene rings is 2. The topological polar surface area (TPSA) is 69.7 Å². The van der Waals surface area contributed by atoms with Crippen LogP contribution in [0.1, 0.15) is 37.0 Å². The lowest BCUT2D eigenvalue weighted by atomic mass is 9.76. The largest absolute Gasteiger partial charge is 0.377 e. The van der Waals surface area contributed by atoms with E-state index in [0.29, 0.717) is 11.3 Å². The Hall–Kier alpha value is -3.06. The molecule has 0 aliphatic carbocycles. The number of carbonyl (C=O) groups excluding carboxylic acids is 3. The van der Waals surface area contributed by atoms with E-state index in [0.717, 1.165) is 45.4 Å². The lowest BCUT2D eigenvalue weighted by molar-refractivity contribution is -0.119. The molecule has 2 aliphatic heterocycles. The van der Waals surface area contributed by atoms with Gasteiger partial charge in [-0.3, -0.25) is 19.7 Å².